The molecule has 1 heterocycles. The van der Waals surface area contributed by atoms with Crippen LogP contribution in [-0.4, -0.2) is 36.0 Å². The van der Waals surface area contributed by atoms with Gasteiger partial charge in [0.2, 0.25) is 0 Å². The van der Waals surface area contributed by atoms with Crippen LogP contribution < -0.4 is 0 Å². The molecule has 0 spiro atoms. The zero-order valence-corrected chi connectivity index (χ0v) is 7.05. The standard InChI is InChI=1S/C4H2F6N2.Al/c5-3(6,7)11-1-2-12-4(8,9)10;/h1-2H;/q-2;+2. The summed E-state index contributed by atoms with van der Waals surface area (Å²) in [7, 11) is 0. The number of hydrogen-bond acceptors (Lipinski definition) is 2. The Kier molecular flexibility index (Phi) is 2.42. The van der Waals surface area contributed by atoms with Crippen LogP contribution in [0.15, 0.2) is 12.4 Å². The quantitative estimate of drug-likeness (QED) is 0.347. The van der Waals surface area contributed by atoms with Gasteiger partial charge in [0.1, 0.15) is 0 Å². The molecule has 0 amide bonds. The third-order valence-electron chi connectivity index (χ3n) is 1.22. The lowest BCUT2D eigenvalue weighted by Crippen LogP contribution is -2.44. The molecule has 73 valence electrons. The minimum absolute atomic E-state index is 0.277. The maximum absolute atomic E-state index is 11.8. The molecule has 0 N–H and O–H groups in total. The van der Waals surface area contributed by atoms with E-state index < -0.39 is 28.3 Å². The highest BCUT2D eigenvalue weighted by molar-refractivity contribution is 6.30. The van der Waals surface area contributed by atoms with E-state index in [1.54, 1.807) is 0 Å². The van der Waals surface area contributed by atoms with Crippen molar-refractivity contribution in [2.75, 3.05) is 0 Å². The Hall–Kier alpha value is -0.548. The summed E-state index contributed by atoms with van der Waals surface area (Å²) in [5.41, 5.74) is 0. The summed E-state index contributed by atoms with van der Waals surface area (Å²) in [5.74, 6) is 0. The van der Waals surface area contributed by atoms with Gasteiger partial charge in [-0.15, -0.1) is 0 Å². The van der Waals surface area contributed by atoms with Gasteiger partial charge in [-0.25, -0.2) is 0 Å². The molecule has 1 radical (unpaired) electrons. The maximum atomic E-state index is 11.8. The van der Waals surface area contributed by atoms with E-state index in [0.717, 1.165) is 0 Å². The van der Waals surface area contributed by atoms with Crippen molar-refractivity contribution < 1.29 is 26.3 Å². The van der Waals surface area contributed by atoms with E-state index in [4.69, 9.17) is 0 Å². The van der Waals surface area contributed by atoms with E-state index in [1.807, 2.05) is 0 Å². The second-order valence-electron chi connectivity index (χ2n) is 2.16. The Morgan fingerprint density at radius 1 is 0.769 bits per heavy atom. The van der Waals surface area contributed by atoms with Crippen LogP contribution >= 0.6 is 0 Å². The third kappa shape index (κ3) is 2.45. The van der Waals surface area contributed by atoms with Crippen LogP contribution in [0.4, 0.5) is 26.3 Å². The van der Waals surface area contributed by atoms with E-state index in [9.17, 15) is 26.3 Å². The van der Waals surface area contributed by atoms with Gasteiger partial charge >= 0.3 is 28.3 Å². The first-order chi connectivity index (χ1) is 5.71. The van der Waals surface area contributed by atoms with E-state index >= 15 is 0 Å². The molecule has 0 fully saturated rings. The highest BCUT2D eigenvalue weighted by Crippen LogP contribution is 2.29. The van der Waals surface area contributed by atoms with Crippen LogP contribution in [0.5, 0.6) is 0 Å². The Balaban J connectivity index is 2.63. The lowest BCUT2D eigenvalue weighted by Gasteiger charge is -2.23. The fourth-order valence-electron chi connectivity index (χ4n) is 0.655. The summed E-state index contributed by atoms with van der Waals surface area (Å²) in [6, 6.07) is 0. The van der Waals surface area contributed by atoms with Crippen molar-refractivity contribution in [3.63, 3.8) is 0 Å². The van der Waals surface area contributed by atoms with Crippen LogP contribution in [0.2, 0.25) is 0 Å². The van der Waals surface area contributed by atoms with Gasteiger partial charge in [0.25, 0.3) is 0 Å². The number of rotatable bonds is 0. The van der Waals surface area contributed by atoms with E-state index in [0.29, 0.717) is 12.4 Å². The van der Waals surface area contributed by atoms with Gasteiger partial charge in [-0.3, -0.25) is 0 Å². The van der Waals surface area contributed by atoms with Crippen LogP contribution in [0.25, 0.3) is 0 Å². The summed E-state index contributed by atoms with van der Waals surface area (Å²) in [6.45, 7) is 0. The largest absolute Gasteiger partial charge is 0.567 e. The van der Waals surface area contributed by atoms with E-state index in [1.165, 1.54) is 0 Å². The molecule has 0 aliphatic carbocycles. The Bertz CT molecular complexity index is 198. The zero-order chi connectivity index (χ0) is 10.3. The predicted octanol–water partition coefficient (Wildman–Crippen LogP) is 1.65. The first kappa shape index (κ1) is 10.5. The molecule has 2 nitrogen and oxygen atoms in total. The average molecular weight is 219 g/mol. The minimum atomic E-state index is -4.73. The SMILES string of the molecule is FC(F)(F)[N]1C=C[N](C(F)(F)F)[Al]1. The number of halogens is 6. The van der Waals surface area contributed by atoms with E-state index in [-0.39, 0.29) is 7.77 Å². The van der Waals surface area contributed by atoms with Gasteiger partial charge in [0, 0.05) is 0 Å². The second-order valence-corrected chi connectivity index (χ2v) is 3.51. The molecule has 0 unspecified atom stereocenters. The van der Waals surface area contributed by atoms with E-state index in [2.05, 4.69) is 0 Å². The zero-order valence-electron chi connectivity index (χ0n) is 5.89. The molecule has 1 rings (SSSR count). The fraction of sp³-hybridized carbons (Fsp3) is 0.500. The summed E-state index contributed by atoms with van der Waals surface area (Å²) in [6.07, 6.45) is -8.71. The first-order valence-corrected chi connectivity index (χ1v) is 3.98. The van der Waals surface area contributed by atoms with Gasteiger partial charge in [-0.1, -0.05) is 0 Å². The molecule has 0 aromatic rings. The monoisotopic (exact) mass is 219 g/mol. The maximum Gasteiger partial charge on any atom is 0.567 e. The van der Waals surface area contributed by atoms with Crippen LogP contribution in [0, 0.1) is 0 Å². The van der Waals surface area contributed by atoms with Crippen LogP contribution in [-0.2, 0) is 0 Å². The fourth-order valence-corrected chi connectivity index (χ4v) is 1.49. The molecular weight excluding hydrogens is 217 g/mol. The number of nitrogens with zero attached hydrogens (tertiary/aromatic N) is 2. The lowest BCUT2D eigenvalue weighted by molar-refractivity contribution is -0.210. The van der Waals surface area contributed by atoms with Crippen molar-refractivity contribution in [2.24, 2.45) is 0 Å². The third-order valence-corrected chi connectivity index (χ3v) is 2.65. The number of hydrogen-bond donors (Lipinski definition) is 0. The predicted molar refractivity (Wildman–Crippen MR) is 30.7 cm³/mol. The molecule has 0 saturated heterocycles. The molecule has 0 saturated carbocycles. The van der Waals surface area contributed by atoms with Gasteiger partial charge in [-0.05, 0) is 12.4 Å². The van der Waals surface area contributed by atoms with Crippen molar-refractivity contribution in [3.05, 3.63) is 12.4 Å². The highest BCUT2D eigenvalue weighted by atomic mass is 27.1. The molecule has 0 aromatic heterocycles. The van der Waals surface area contributed by atoms with Crippen molar-refractivity contribution in [1.29, 1.82) is 0 Å². The average Bonchev–Trinajstić information content (AvgIpc) is 2.28. The van der Waals surface area contributed by atoms with Crippen LogP contribution in [0.1, 0.15) is 0 Å². The van der Waals surface area contributed by atoms with Crippen molar-refractivity contribution >= 4 is 15.7 Å². The van der Waals surface area contributed by atoms with Crippen LogP contribution in [0.3, 0.4) is 0 Å². The molecule has 0 atom stereocenters. The summed E-state index contributed by atoms with van der Waals surface area (Å²) >= 11 is -2.02. The normalized spacial score (nSPS) is 18.0. The van der Waals surface area contributed by atoms with Crippen molar-refractivity contribution in [2.45, 2.75) is 12.6 Å². The molecule has 0 aromatic carbocycles. The van der Waals surface area contributed by atoms with Gasteiger partial charge < -0.3 is 7.77 Å². The molecule has 9 heteroatoms. The molecular formula is C4H2AlF6N2. The van der Waals surface area contributed by atoms with Gasteiger partial charge in [-0.2, -0.15) is 26.3 Å². The topological polar surface area (TPSA) is 6.48 Å². The summed E-state index contributed by atoms with van der Waals surface area (Å²) in [4.78, 5) is 0. The Morgan fingerprint density at radius 3 is 1.23 bits per heavy atom. The smallest absolute Gasteiger partial charge is 0.367 e. The molecule has 1 aliphatic rings. The molecule has 1 aliphatic heterocycles. The first-order valence-electron chi connectivity index (χ1n) is 2.95. The van der Waals surface area contributed by atoms with Gasteiger partial charge in [0.05, 0.1) is 0 Å². The second kappa shape index (κ2) is 2.99. The highest BCUT2D eigenvalue weighted by Gasteiger charge is 2.46. The lowest BCUT2D eigenvalue weighted by atomic mass is 10.8. The minimum Gasteiger partial charge on any atom is -0.367 e. The summed E-state index contributed by atoms with van der Waals surface area (Å²) < 4.78 is 70.4. The molecule has 13 heavy (non-hydrogen) atoms. The Morgan fingerprint density at radius 2 is 1.08 bits per heavy atom. The Labute approximate surface area is 75.5 Å². The number of alkyl halides is 6. The van der Waals surface area contributed by atoms with Crippen molar-refractivity contribution in [3.8, 4) is 0 Å². The molecule has 0 bridgehead atoms. The summed E-state index contributed by atoms with van der Waals surface area (Å²) in [5, 5.41) is 0. The van der Waals surface area contributed by atoms with Gasteiger partial charge in [0.15, 0.2) is 0 Å². The van der Waals surface area contributed by atoms with Crippen molar-refractivity contribution in [1.82, 2.24) is 7.77 Å².